The number of carbonyl (C=O) groups excluding carboxylic acids is 1. The Balaban J connectivity index is 1.76. The van der Waals surface area contributed by atoms with Crippen molar-refractivity contribution in [3.63, 3.8) is 0 Å². The Bertz CT molecular complexity index is 1400. The molecule has 1 unspecified atom stereocenters. The van der Waals surface area contributed by atoms with E-state index in [1.807, 2.05) is 0 Å². The Morgan fingerprint density at radius 1 is 1.22 bits per heavy atom. The number of carbonyl (C=O) groups is 1. The predicted molar refractivity (Wildman–Crippen MR) is 123 cm³/mol. The number of furan rings is 1. The molecule has 1 fully saturated rings. The van der Waals surface area contributed by atoms with Gasteiger partial charge in [0.1, 0.15) is 16.2 Å². The van der Waals surface area contributed by atoms with E-state index in [-0.39, 0.29) is 35.2 Å². The number of benzene rings is 2. The molecular weight excluding hydrogens is 501 g/mol. The third kappa shape index (κ3) is 4.93. The summed E-state index contributed by atoms with van der Waals surface area (Å²) in [6, 6.07) is 9.32. The monoisotopic (exact) mass is 526 g/mol. The van der Waals surface area contributed by atoms with Crippen molar-refractivity contribution >= 4 is 26.8 Å². The molecule has 1 saturated heterocycles. The zero-order chi connectivity index (χ0) is 26.3. The average molecular weight is 527 g/mol. The Kier molecular flexibility index (Phi) is 6.80. The van der Waals surface area contributed by atoms with E-state index in [1.54, 1.807) is 30.0 Å². The van der Waals surface area contributed by atoms with Crippen LogP contribution in [0.1, 0.15) is 18.1 Å². The maximum atomic E-state index is 13.6. The number of ether oxygens (including phenoxy) is 2. The summed E-state index contributed by atoms with van der Waals surface area (Å²) in [7, 11) is -2.66. The minimum atomic E-state index is -5.15. The normalized spacial score (nSPS) is 19.4. The van der Waals surface area contributed by atoms with Crippen LogP contribution in [0.3, 0.4) is 0 Å². The number of nitrogens with zero attached hydrogens (tertiary/aromatic N) is 1. The molecule has 1 atom stereocenters. The molecule has 1 aliphatic rings. The summed E-state index contributed by atoms with van der Waals surface area (Å²) in [4.78, 5) is 13.1. The topological polar surface area (TPSA) is 98.1 Å². The van der Waals surface area contributed by atoms with Crippen LogP contribution in [-0.2, 0) is 25.9 Å². The zero-order valence-corrected chi connectivity index (χ0v) is 20.6. The van der Waals surface area contributed by atoms with Crippen molar-refractivity contribution in [1.29, 1.82) is 0 Å². The molecule has 1 aliphatic heterocycles. The van der Waals surface area contributed by atoms with E-state index >= 15 is 0 Å². The van der Waals surface area contributed by atoms with E-state index in [0.717, 1.165) is 5.56 Å². The number of aryl methyl sites for hydroxylation is 1. The Morgan fingerprint density at radius 2 is 1.97 bits per heavy atom. The summed E-state index contributed by atoms with van der Waals surface area (Å²) in [5.41, 5.74) is -0.104. The lowest BCUT2D eigenvalue weighted by atomic mass is 10.1. The van der Waals surface area contributed by atoms with Gasteiger partial charge < -0.3 is 19.2 Å². The SMILES string of the molecule is COc1ccc(C)cc1S(=O)(=O)c1cc(CN2CCNCC2(C)OC(=O)C(F)(F)F)c2occc2c1. The summed E-state index contributed by atoms with van der Waals surface area (Å²) < 4.78 is 81.8. The van der Waals surface area contributed by atoms with Gasteiger partial charge in [0.05, 0.1) is 18.3 Å². The van der Waals surface area contributed by atoms with Crippen molar-refractivity contribution in [2.75, 3.05) is 26.7 Å². The lowest BCUT2D eigenvalue weighted by Crippen LogP contribution is -2.62. The van der Waals surface area contributed by atoms with Crippen molar-refractivity contribution < 1.29 is 40.3 Å². The number of methoxy groups -OCH3 is 1. The maximum absolute atomic E-state index is 13.6. The molecular formula is C24H25F3N2O6S. The molecule has 2 heterocycles. The molecule has 0 radical (unpaired) electrons. The molecule has 3 aromatic rings. The molecule has 0 amide bonds. The highest BCUT2D eigenvalue weighted by atomic mass is 32.2. The fourth-order valence-electron chi connectivity index (χ4n) is 4.21. The highest BCUT2D eigenvalue weighted by Crippen LogP contribution is 2.35. The quantitative estimate of drug-likeness (QED) is 0.485. The van der Waals surface area contributed by atoms with E-state index in [0.29, 0.717) is 23.1 Å². The highest BCUT2D eigenvalue weighted by molar-refractivity contribution is 7.91. The number of nitrogens with one attached hydrogen (secondary N) is 1. The first-order valence-electron chi connectivity index (χ1n) is 11.0. The third-order valence-electron chi connectivity index (χ3n) is 6.11. The number of alkyl halides is 3. The molecule has 0 saturated carbocycles. The summed E-state index contributed by atoms with van der Waals surface area (Å²) >= 11 is 0. The Hall–Kier alpha value is -3.09. The molecule has 194 valence electrons. The van der Waals surface area contributed by atoms with E-state index in [1.165, 1.54) is 38.5 Å². The van der Waals surface area contributed by atoms with Gasteiger partial charge in [0.15, 0.2) is 5.72 Å². The van der Waals surface area contributed by atoms with Gasteiger partial charge in [-0.05, 0) is 49.7 Å². The van der Waals surface area contributed by atoms with Crippen LogP contribution in [0.4, 0.5) is 13.2 Å². The minimum Gasteiger partial charge on any atom is -0.495 e. The summed E-state index contributed by atoms with van der Waals surface area (Å²) in [6.07, 6.45) is -3.75. The molecule has 12 heteroatoms. The van der Waals surface area contributed by atoms with E-state index in [4.69, 9.17) is 13.9 Å². The minimum absolute atomic E-state index is 0.00934. The molecule has 4 rings (SSSR count). The lowest BCUT2D eigenvalue weighted by molar-refractivity contribution is -0.231. The number of piperazine rings is 1. The number of fused-ring (bicyclic) bond motifs is 1. The lowest BCUT2D eigenvalue weighted by Gasteiger charge is -2.44. The van der Waals surface area contributed by atoms with Gasteiger partial charge in [0.2, 0.25) is 9.84 Å². The summed E-state index contributed by atoms with van der Waals surface area (Å²) in [6.45, 7) is 3.73. The van der Waals surface area contributed by atoms with Crippen LogP contribution in [0, 0.1) is 6.92 Å². The number of halogens is 3. The van der Waals surface area contributed by atoms with Gasteiger partial charge >= 0.3 is 12.1 Å². The van der Waals surface area contributed by atoms with Crippen LogP contribution in [0.25, 0.3) is 11.0 Å². The summed E-state index contributed by atoms with van der Waals surface area (Å²) in [5.74, 6) is -2.12. The number of rotatable bonds is 6. The number of hydrogen-bond donors (Lipinski definition) is 1. The van der Waals surface area contributed by atoms with Crippen LogP contribution in [0.2, 0.25) is 0 Å². The van der Waals surface area contributed by atoms with Gasteiger partial charge in [0, 0.05) is 37.1 Å². The van der Waals surface area contributed by atoms with Crippen molar-refractivity contribution in [1.82, 2.24) is 10.2 Å². The van der Waals surface area contributed by atoms with E-state index in [2.05, 4.69) is 5.32 Å². The zero-order valence-electron chi connectivity index (χ0n) is 19.8. The smallest absolute Gasteiger partial charge is 0.490 e. The van der Waals surface area contributed by atoms with Crippen LogP contribution < -0.4 is 10.1 Å². The van der Waals surface area contributed by atoms with Crippen molar-refractivity contribution in [2.45, 2.75) is 42.1 Å². The first kappa shape index (κ1) is 26.0. The maximum Gasteiger partial charge on any atom is 0.490 e. The number of esters is 1. The van der Waals surface area contributed by atoms with E-state index in [9.17, 15) is 26.4 Å². The molecule has 1 N–H and O–H groups in total. The number of hydrogen-bond acceptors (Lipinski definition) is 8. The first-order valence-corrected chi connectivity index (χ1v) is 12.5. The molecule has 2 aromatic carbocycles. The molecule has 36 heavy (non-hydrogen) atoms. The van der Waals surface area contributed by atoms with Gasteiger partial charge in [-0.1, -0.05) is 6.07 Å². The first-order chi connectivity index (χ1) is 16.8. The predicted octanol–water partition coefficient (Wildman–Crippen LogP) is 3.81. The van der Waals surface area contributed by atoms with Gasteiger partial charge in [-0.2, -0.15) is 13.2 Å². The molecule has 0 spiro atoms. The average Bonchev–Trinajstić information content (AvgIpc) is 3.29. The molecule has 1 aromatic heterocycles. The fraction of sp³-hybridized carbons (Fsp3) is 0.375. The van der Waals surface area contributed by atoms with Crippen LogP contribution in [0.15, 0.2) is 56.9 Å². The van der Waals surface area contributed by atoms with Crippen LogP contribution in [-0.4, -0.2) is 57.9 Å². The second-order valence-electron chi connectivity index (χ2n) is 8.74. The van der Waals surface area contributed by atoms with Crippen molar-refractivity contribution in [3.8, 4) is 5.75 Å². The van der Waals surface area contributed by atoms with Crippen LogP contribution >= 0.6 is 0 Å². The van der Waals surface area contributed by atoms with Gasteiger partial charge in [-0.25, -0.2) is 13.2 Å². The summed E-state index contributed by atoms with van der Waals surface area (Å²) in [5, 5.41) is 3.44. The fourth-order valence-corrected chi connectivity index (χ4v) is 5.80. The number of sulfone groups is 1. The Labute approximate surface area is 205 Å². The van der Waals surface area contributed by atoms with Gasteiger partial charge in [0.25, 0.3) is 0 Å². The highest BCUT2D eigenvalue weighted by Gasteiger charge is 2.48. The van der Waals surface area contributed by atoms with Crippen molar-refractivity contribution in [3.05, 3.63) is 53.8 Å². The standard InChI is InChI=1S/C24H25F3N2O6S/c1-15-4-5-19(33-3)20(10-15)36(31,32)18-11-16-6-9-34-21(16)17(12-18)13-29-8-7-28-14-23(29,2)35-22(30)24(25,26)27/h4-6,9-12,28H,7-8,13-14H2,1-3H3. The Morgan fingerprint density at radius 3 is 2.67 bits per heavy atom. The van der Waals surface area contributed by atoms with Crippen molar-refractivity contribution in [2.24, 2.45) is 0 Å². The third-order valence-corrected chi connectivity index (χ3v) is 7.86. The van der Waals surface area contributed by atoms with E-state index < -0.39 is 27.7 Å². The molecule has 8 nitrogen and oxygen atoms in total. The second-order valence-corrected chi connectivity index (χ2v) is 10.7. The second kappa shape index (κ2) is 9.41. The van der Waals surface area contributed by atoms with Gasteiger partial charge in [-0.15, -0.1) is 0 Å². The van der Waals surface area contributed by atoms with Crippen LogP contribution in [0.5, 0.6) is 5.75 Å². The molecule has 0 bridgehead atoms. The largest absolute Gasteiger partial charge is 0.495 e. The van der Waals surface area contributed by atoms with Gasteiger partial charge in [-0.3, -0.25) is 4.90 Å². The molecule has 0 aliphatic carbocycles.